The fourth-order valence-electron chi connectivity index (χ4n) is 6.74. The van der Waals surface area contributed by atoms with Gasteiger partial charge in [-0.15, -0.1) is 0 Å². The predicted molar refractivity (Wildman–Crippen MR) is 156 cm³/mol. The van der Waals surface area contributed by atoms with Crippen molar-refractivity contribution in [3.63, 3.8) is 0 Å². The van der Waals surface area contributed by atoms with Gasteiger partial charge >= 0.3 is 0 Å². The first kappa shape index (κ1) is 27.8. The van der Waals surface area contributed by atoms with Gasteiger partial charge in [0.15, 0.2) is 0 Å². The van der Waals surface area contributed by atoms with Crippen molar-refractivity contribution in [1.29, 1.82) is 0 Å². The van der Waals surface area contributed by atoms with Crippen molar-refractivity contribution in [2.24, 2.45) is 0 Å². The molecule has 1 saturated carbocycles. The van der Waals surface area contributed by atoms with E-state index in [9.17, 15) is 5.11 Å². The molecule has 0 bridgehead atoms. The summed E-state index contributed by atoms with van der Waals surface area (Å²) in [6, 6.07) is 9.35. The Morgan fingerprint density at radius 3 is 1.60 bits per heavy atom. The second-order valence-electron chi connectivity index (χ2n) is 11.4. The monoisotopic (exact) mass is 472 g/mol. The first-order chi connectivity index (χ1) is 16.7. The van der Waals surface area contributed by atoms with Gasteiger partial charge < -0.3 is 5.11 Å². The average Bonchev–Trinajstić information content (AvgIpc) is 3.29. The normalized spacial score (nSPS) is 14.5. The molecule has 0 radical (unpaired) electrons. The topological polar surface area (TPSA) is 20.2 Å². The maximum absolute atomic E-state index is 11.9. The van der Waals surface area contributed by atoms with E-state index < -0.39 is 0 Å². The van der Waals surface area contributed by atoms with Crippen LogP contribution in [-0.2, 0) is 0 Å². The molecule has 3 rings (SSSR count). The van der Waals surface area contributed by atoms with Gasteiger partial charge in [-0.1, -0.05) is 125 Å². The standard InChI is InChI=1S/C33H49BO/c1-8-9-10-11-12-13-18-30(35)33(29-16-14-15-17-29)34(31-25(4)19-23(2)20-26(31)5)32-27(6)21-24(3)22-28(32)7/h19-22,30,35H,8-18H2,1-7H3. The second-order valence-corrected chi connectivity index (χ2v) is 11.4. The zero-order valence-corrected chi connectivity index (χ0v) is 23.7. The van der Waals surface area contributed by atoms with Crippen LogP contribution in [0.25, 0.3) is 0 Å². The zero-order valence-electron chi connectivity index (χ0n) is 23.7. The third-order valence-electron chi connectivity index (χ3n) is 8.17. The molecule has 2 aromatic carbocycles. The molecule has 1 unspecified atom stereocenters. The minimum Gasteiger partial charge on any atom is -0.390 e. The van der Waals surface area contributed by atoms with Crippen LogP contribution in [-0.4, -0.2) is 17.9 Å². The summed E-state index contributed by atoms with van der Waals surface area (Å²) in [4.78, 5) is 0. The van der Waals surface area contributed by atoms with Crippen LogP contribution in [0.3, 0.4) is 0 Å². The predicted octanol–water partition coefficient (Wildman–Crippen LogP) is 7.67. The summed E-state index contributed by atoms with van der Waals surface area (Å²) < 4.78 is 0. The zero-order chi connectivity index (χ0) is 25.5. The first-order valence-electron chi connectivity index (χ1n) is 14.3. The van der Waals surface area contributed by atoms with E-state index in [4.69, 9.17) is 0 Å². The Labute approximate surface area is 216 Å². The summed E-state index contributed by atoms with van der Waals surface area (Å²) in [6.07, 6.45) is 12.9. The van der Waals surface area contributed by atoms with Crippen molar-refractivity contribution in [3.05, 3.63) is 68.7 Å². The van der Waals surface area contributed by atoms with Gasteiger partial charge in [-0.05, 0) is 73.6 Å². The fourth-order valence-corrected chi connectivity index (χ4v) is 6.74. The molecule has 35 heavy (non-hydrogen) atoms. The summed E-state index contributed by atoms with van der Waals surface area (Å²) in [5.41, 5.74) is 13.8. The Balaban J connectivity index is 2.11. The van der Waals surface area contributed by atoms with Crippen molar-refractivity contribution in [2.75, 3.05) is 0 Å². The van der Waals surface area contributed by atoms with Crippen LogP contribution >= 0.6 is 0 Å². The van der Waals surface area contributed by atoms with E-state index in [1.54, 1.807) is 0 Å². The number of unbranched alkanes of at least 4 members (excludes halogenated alkanes) is 5. The summed E-state index contributed by atoms with van der Waals surface area (Å²) in [6.45, 7) is 15.9. The van der Waals surface area contributed by atoms with Gasteiger partial charge in [-0.25, -0.2) is 0 Å². The molecule has 2 aromatic rings. The summed E-state index contributed by atoms with van der Waals surface area (Å²) in [5, 5.41) is 11.9. The first-order valence-corrected chi connectivity index (χ1v) is 14.3. The number of aliphatic hydroxyl groups excluding tert-OH is 1. The number of hydrogen-bond acceptors (Lipinski definition) is 1. The highest BCUT2D eigenvalue weighted by Gasteiger charge is 2.35. The number of benzene rings is 2. The lowest BCUT2D eigenvalue weighted by atomic mass is 9.32. The molecule has 190 valence electrons. The van der Waals surface area contributed by atoms with Gasteiger partial charge in [0.25, 0.3) is 0 Å². The summed E-state index contributed by atoms with van der Waals surface area (Å²) in [5.74, 6) is 0. The molecule has 1 N–H and O–H groups in total. The maximum Gasteiger partial charge on any atom is 0.241 e. The molecular weight excluding hydrogens is 423 g/mol. The number of rotatable bonds is 11. The number of aliphatic hydroxyl groups is 1. The van der Waals surface area contributed by atoms with Crippen molar-refractivity contribution in [1.82, 2.24) is 0 Å². The van der Waals surface area contributed by atoms with E-state index in [0.717, 1.165) is 25.7 Å². The van der Waals surface area contributed by atoms with Crippen molar-refractivity contribution < 1.29 is 5.11 Å². The van der Waals surface area contributed by atoms with Gasteiger partial charge in [0.2, 0.25) is 6.71 Å². The third kappa shape index (κ3) is 6.91. The molecule has 0 amide bonds. The minimum absolute atomic E-state index is 0.138. The van der Waals surface area contributed by atoms with Crippen molar-refractivity contribution in [3.8, 4) is 0 Å². The molecule has 1 atom stereocenters. The van der Waals surface area contributed by atoms with E-state index >= 15 is 0 Å². The molecule has 2 heteroatoms. The lowest BCUT2D eigenvalue weighted by molar-refractivity contribution is 0.201. The van der Waals surface area contributed by atoms with Gasteiger partial charge in [-0.2, -0.15) is 0 Å². The van der Waals surface area contributed by atoms with Gasteiger partial charge in [0.05, 0.1) is 6.10 Å². The van der Waals surface area contributed by atoms with E-state index in [2.05, 4.69) is 72.7 Å². The van der Waals surface area contributed by atoms with Crippen molar-refractivity contribution >= 4 is 17.6 Å². The molecule has 1 fully saturated rings. The SMILES string of the molecule is CCCCCCCCC(O)C(B(c1c(C)cc(C)cc1C)c1c(C)cc(C)cc1C)=C1CCCC1. The molecule has 1 nitrogen and oxygen atoms in total. The Morgan fingerprint density at radius 1 is 0.714 bits per heavy atom. The molecule has 0 aliphatic heterocycles. The van der Waals surface area contributed by atoms with E-state index in [1.807, 2.05) is 0 Å². The fraction of sp³-hybridized carbons (Fsp3) is 0.576. The molecule has 0 spiro atoms. The Morgan fingerprint density at radius 2 is 1.14 bits per heavy atom. The van der Waals surface area contributed by atoms with E-state index in [0.29, 0.717) is 0 Å². The van der Waals surface area contributed by atoms with Gasteiger partial charge in [-0.3, -0.25) is 0 Å². The maximum atomic E-state index is 11.9. The molecule has 1 aliphatic rings. The second kappa shape index (κ2) is 13.0. The van der Waals surface area contributed by atoms with Crippen LogP contribution < -0.4 is 10.9 Å². The highest BCUT2D eigenvalue weighted by atomic mass is 16.3. The smallest absolute Gasteiger partial charge is 0.241 e. The van der Waals surface area contributed by atoms with Gasteiger partial charge in [0.1, 0.15) is 0 Å². The Bertz CT molecular complexity index is 920. The largest absolute Gasteiger partial charge is 0.390 e. The number of aryl methyl sites for hydroxylation is 6. The Hall–Kier alpha value is -1.80. The van der Waals surface area contributed by atoms with Crippen LogP contribution in [0.2, 0.25) is 0 Å². The number of allylic oxidation sites excluding steroid dienone is 1. The lowest BCUT2D eigenvalue weighted by Crippen LogP contribution is -2.52. The molecular formula is C33H49BO. The van der Waals surface area contributed by atoms with Crippen LogP contribution in [0.5, 0.6) is 0 Å². The van der Waals surface area contributed by atoms with E-state index in [1.165, 1.54) is 100 Å². The van der Waals surface area contributed by atoms with Crippen LogP contribution in [0.1, 0.15) is 111 Å². The quantitative estimate of drug-likeness (QED) is 0.263. The van der Waals surface area contributed by atoms with Crippen LogP contribution in [0.15, 0.2) is 35.3 Å². The lowest BCUT2D eigenvalue weighted by Gasteiger charge is -2.30. The molecule has 0 aromatic heterocycles. The molecule has 0 saturated heterocycles. The Kier molecular flexibility index (Phi) is 10.3. The third-order valence-corrected chi connectivity index (χ3v) is 8.17. The highest BCUT2D eigenvalue weighted by molar-refractivity contribution is 6.92. The minimum atomic E-state index is -0.362. The van der Waals surface area contributed by atoms with Crippen molar-refractivity contribution in [2.45, 2.75) is 125 Å². The van der Waals surface area contributed by atoms with E-state index in [-0.39, 0.29) is 12.8 Å². The highest BCUT2D eigenvalue weighted by Crippen LogP contribution is 2.32. The van der Waals surface area contributed by atoms with Crippen LogP contribution in [0, 0.1) is 41.5 Å². The molecule has 1 aliphatic carbocycles. The molecule has 0 heterocycles. The number of hydrogen-bond donors (Lipinski definition) is 1. The average molecular weight is 473 g/mol. The van der Waals surface area contributed by atoms with Crippen LogP contribution in [0.4, 0.5) is 0 Å². The van der Waals surface area contributed by atoms with Gasteiger partial charge in [0, 0.05) is 0 Å². The summed E-state index contributed by atoms with van der Waals surface area (Å²) >= 11 is 0. The summed E-state index contributed by atoms with van der Waals surface area (Å²) in [7, 11) is 0.